The number of nitrogens with one attached hydrogen (secondary N) is 1. The minimum Gasteiger partial charge on any atom is -0.493 e. The van der Waals surface area contributed by atoms with Crippen molar-refractivity contribution in [2.45, 2.75) is 18.9 Å². The zero-order valence-electron chi connectivity index (χ0n) is 13.6. The van der Waals surface area contributed by atoms with Crippen LogP contribution in [0.2, 0.25) is 0 Å². The van der Waals surface area contributed by atoms with Crippen LogP contribution in [0, 0.1) is 0 Å². The Labute approximate surface area is 135 Å². The number of hydrogen-bond donors (Lipinski definition) is 1. The quantitative estimate of drug-likeness (QED) is 0.912. The van der Waals surface area contributed by atoms with E-state index in [-0.39, 0.29) is 11.9 Å². The number of alkyl carbamates (subject to hydrolysis) is 1. The standard InChI is InChI=1S/C16H22N2O5/c1-21-13-5-4-11(10-14(13)22-2)15(19)18-8-6-12(7-9-18)17-16(20)23-3/h4-5,10,12H,6-9H2,1-3H3,(H,17,20). The summed E-state index contributed by atoms with van der Waals surface area (Å²) >= 11 is 0. The number of ether oxygens (including phenoxy) is 3. The van der Waals surface area contributed by atoms with Crippen molar-refractivity contribution in [3.63, 3.8) is 0 Å². The molecule has 1 aliphatic rings. The second kappa shape index (κ2) is 7.71. The zero-order chi connectivity index (χ0) is 16.8. The second-order valence-corrected chi connectivity index (χ2v) is 5.27. The van der Waals surface area contributed by atoms with Gasteiger partial charge in [-0.05, 0) is 31.0 Å². The fourth-order valence-corrected chi connectivity index (χ4v) is 2.60. The van der Waals surface area contributed by atoms with Crippen LogP contribution in [-0.2, 0) is 4.74 Å². The number of carbonyl (C=O) groups is 2. The molecule has 2 rings (SSSR count). The Kier molecular flexibility index (Phi) is 5.67. The normalized spacial score (nSPS) is 15.0. The number of benzene rings is 1. The van der Waals surface area contributed by atoms with E-state index in [4.69, 9.17) is 9.47 Å². The highest BCUT2D eigenvalue weighted by molar-refractivity contribution is 5.95. The van der Waals surface area contributed by atoms with Gasteiger partial charge in [-0.1, -0.05) is 0 Å². The van der Waals surface area contributed by atoms with Crippen molar-refractivity contribution in [1.82, 2.24) is 10.2 Å². The number of amides is 2. The van der Waals surface area contributed by atoms with Gasteiger partial charge in [0.2, 0.25) is 0 Å². The summed E-state index contributed by atoms with van der Waals surface area (Å²) < 4.78 is 15.0. The van der Waals surface area contributed by atoms with E-state index in [1.807, 2.05) is 0 Å². The van der Waals surface area contributed by atoms with E-state index in [2.05, 4.69) is 10.1 Å². The van der Waals surface area contributed by atoms with E-state index in [0.717, 1.165) is 0 Å². The number of hydrogen-bond acceptors (Lipinski definition) is 5. The number of rotatable bonds is 4. The molecule has 0 spiro atoms. The summed E-state index contributed by atoms with van der Waals surface area (Å²) in [5.41, 5.74) is 0.557. The first-order valence-corrected chi connectivity index (χ1v) is 7.44. The Morgan fingerprint density at radius 3 is 2.30 bits per heavy atom. The van der Waals surface area contributed by atoms with Crippen molar-refractivity contribution in [1.29, 1.82) is 0 Å². The van der Waals surface area contributed by atoms with Crippen molar-refractivity contribution in [3.8, 4) is 11.5 Å². The molecule has 1 saturated heterocycles. The molecular weight excluding hydrogens is 300 g/mol. The second-order valence-electron chi connectivity index (χ2n) is 5.27. The smallest absolute Gasteiger partial charge is 0.407 e. The molecule has 126 valence electrons. The molecular formula is C16H22N2O5. The van der Waals surface area contributed by atoms with Gasteiger partial charge in [-0.25, -0.2) is 4.79 Å². The van der Waals surface area contributed by atoms with E-state index in [1.54, 1.807) is 30.2 Å². The van der Waals surface area contributed by atoms with Crippen LogP contribution in [0.3, 0.4) is 0 Å². The molecule has 1 aromatic rings. The van der Waals surface area contributed by atoms with E-state index >= 15 is 0 Å². The fourth-order valence-electron chi connectivity index (χ4n) is 2.60. The van der Waals surface area contributed by atoms with Crippen molar-refractivity contribution in [2.24, 2.45) is 0 Å². The molecule has 1 heterocycles. The van der Waals surface area contributed by atoms with Gasteiger partial charge in [-0.3, -0.25) is 4.79 Å². The van der Waals surface area contributed by atoms with Gasteiger partial charge in [0.1, 0.15) is 0 Å². The average Bonchev–Trinajstić information content (AvgIpc) is 2.60. The van der Waals surface area contributed by atoms with Gasteiger partial charge >= 0.3 is 6.09 Å². The number of likely N-dealkylation sites (tertiary alicyclic amines) is 1. The lowest BCUT2D eigenvalue weighted by molar-refractivity contribution is 0.0703. The molecule has 0 atom stereocenters. The van der Waals surface area contributed by atoms with Crippen LogP contribution >= 0.6 is 0 Å². The molecule has 23 heavy (non-hydrogen) atoms. The average molecular weight is 322 g/mol. The summed E-state index contributed by atoms with van der Waals surface area (Å²) in [6.07, 6.45) is 0.970. The molecule has 0 bridgehead atoms. The van der Waals surface area contributed by atoms with Crippen molar-refractivity contribution >= 4 is 12.0 Å². The fraction of sp³-hybridized carbons (Fsp3) is 0.500. The molecule has 0 aliphatic carbocycles. The Bertz CT molecular complexity index is 568. The highest BCUT2D eigenvalue weighted by Gasteiger charge is 2.25. The maximum atomic E-state index is 12.6. The van der Waals surface area contributed by atoms with E-state index in [9.17, 15) is 9.59 Å². The molecule has 0 saturated carbocycles. The lowest BCUT2D eigenvalue weighted by Gasteiger charge is -2.32. The summed E-state index contributed by atoms with van der Waals surface area (Å²) in [5, 5.41) is 2.77. The van der Waals surface area contributed by atoms with Crippen LogP contribution in [0.5, 0.6) is 11.5 Å². The summed E-state index contributed by atoms with van der Waals surface area (Å²) in [5.74, 6) is 1.06. The molecule has 7 heteroatoms. The summed E-state index contributed by atoms with van der Waals surface area (Å²) in [6, 6.07) is 5.16. The Balaban J connectivity index is 1.98. The Hall–Kier alpha value is -2.44. The van der Waals surface area contributed by atoms with Crippen molar-refractivity contribution in [3.05, 3.63) is 23.8 Å². The number of nitrogens with zero attached hydrogens (tertiary/aromatic N) is 1. The van der Waals surface area contributed by atoms with Gasteiger partial charge in [0.25, 0.3) is 5.91 Å². The molecule has 0 radical (unpaired) electrons. The first-order chi connectivity index (χ1) is 11.1. The third-order valence-electron chi connectivity index (χ3n) is 3.92. The lowest BCUT2D eigenvalue weighted by atomic mass is 10.0. The molecule has 1 aromatic carbocycles. The summed E-state index contributed by atoms with van der Waals surface area (Å²) in [7, 11) is 4.43. The van der Waals surface area contributed by atoms with Crippen LogP contribution in [0.25, 0.3) is 0 Å². The van der Waals surface area contributed by atoms with Crippen LogP contribution in [-0.4, -0.2) is 57.4 Å². The molecule has 1 fully saturated rings. The van der Waals surface area contributed by atoms with Gasteiger partial charge in [0, 0.05) is 24.7 Å². The predicted octanol–water partition coefficient (Wildman–Crippen LogP) is 1.66. The highest BCUT2D eigenvalue weighted by Crippen LogP contribution is 2.28. The minimum absolute atomic E-state index is 0.0388. The number of methoxy groups -OCH3 is 3. The van der Waals surface area contributed by atoms with Crippen molar-refractivity contribution in [2.75, 3.05) is 34.4 Å². The summed E-state index contributed by atoms with van der Waals surface area (Å²) in [6.45, 7) is 1.17. The first kappa shape index (κ1) is 16.9. The van der Waals surface area contributed by atoms with Crippen molar-refractivity contribution < 1.29 is 23.8 Å². The van der Waals surface area contributed by atoms with Crippen LogP contribution < -0.4 is 14.8 Å². The van der Waals surface area contributed by atoms with Gasteiger partial charge in [0.05, 0.1) is 21.3 Å². The van der Waals surface area contributed by atoms with Gasteiger partial charge in [-0.15, -0.1) is 0 Å². The van der Waals surface area contributed by atoms with Gasteiger partial charge in [-0.2, -0.15) is 0 Å². The molecule has 2 amide bonds. The number of piperidine rings is 1. The maximum Gasteiger partial charge on any atom is 0.407 e. The molecule has 0 aromatic heterocycles. The summed E-state index contributed by atoms with van der Waals surface area (Å²) in [4.78, 5) is 25.6. The topological polar surface area (TPSA) is 77.1 Å². The third kappa shape index (κ3) is 4.06. The monoisotopic (exact) mass is 322 g/mol. The highest BCUT2D eigenvalue weighted by atomic mass is 16.5. The first-order valence-electron chi connectivity index (χ1n) is 7.44. The Morgan fingerprint density at radius 2 is 1.74 bits per heavy atom. The lowest BCUT2D eigenvalue weighted by Crippen LogP contribution is -2.46. The predicted molar refractivity (Wildman–Crippen MR) is 84.0 cm³/mol. The molecule has 1 aliphatic heterocycles. The molecule has 7 nitrogen and oxygen atoms in total. The van der Waals surface area contributed by atoms with Crippen LogP contribution in [0.4, 0.5) is 4.79 Å². The zero-order valence-corrected chi connectivity index (χ0v) is 13.6. The van der Waals surface area contributed by atoms with Crippen LogP contribution in [0.15, 0.2) is 18.2 Å². The third-order valence-corrected chi connectivity index (χ3v) is 3.92. The number of carbonyl (C=O) groups excluding carboxylic acids is 2. The SMILES string of the molecule is COC(=O)NC1CCN(C(=O)c2ccc(OC)c(OC)c2)CC1. The van der Waals surface area contributed by atoms with Gasteiger partial charge in [0.15, 0.2) is 11.5 Å². The van der Waals surface area contributed by atoms with E-state index in [0.29, 0.717) is 43.0 Å². The molecule has 0 unspecified atom stereocenters. The van der Waals surface area contributed by atoms with E-state index < -0.39 is 6.09 Å². The Morgan fingerprint density at radius 1 is 1.09 bits per heavy atom. The van der Waals surface area contributed by atoms with E-state index in [1.165, 1.54) is 14.2 Å². The van der Waals surface area contributed by atoms with Crippen LogP contribution in [0.1, 0.15) is 23.2 Å². The minimum atomic E-state index is -0.435. The molecule has 1 N–H and O–H groups in total. The van der Waals surface area contributed by atoms with Gasteiger partial charge < -0.3 is 24.4 Å². The largest absolute Gasteiger partial charge is 0.493 e. The maximum absolute atomic E-state index is 12.6.